The Morgan fingerprint density at radius 3 is 2.19 bits per heavy atom. The van der Waals surface area contributed by atoms with Crippen LogP contribution in [0.2, 0.25) is 0 Å². The molecule has 1 aromatic rings. The predicted molar refractivity (Wildman–Crippen MR) is 81.5 cm³/mol. The lowest BCUT2D eigenvalue weighted by Gasteiger charge is -2.09. The maximum Gasteiger partial charge on any atom is 0.166 e. The molecule has 0 saturated heterocycles. The Morgan fingerprint density at radius 1 is 0.952 bits per heavy atom. The number of unbranched alkanes of at least 4 members (excludes halogenated alkanes) is 1. The van der Waals surface area contributed by atoms with Crippen LogP contribution in [0, 0.1) is 0 Å². The second-order valence-corrected chi connectivity index (χ2v) is 4.43. The summed E-state index contributed by atoms with van der Waals surface area (Å²) < 4.78 is 21.6. The Hall–Kier alpha value is -1.37. The normalized spacial score (nSPS) is 10.7. The zero-order valence-corrected chi connectivity index (χ0v) is 12.8. The van der Waals surface area contributed by atoms with Crippen molar-refractivity contribution in [3.05, 3.63) is 18.3 Å². The van der Waals surface area contributed by atoms with Gasteiger partial charge in [0.15, 0.2) is 11.6 Å². The largest absolute Gasteiger partial charge is 0.487 e. The van der Waals surface area contributed by atoms with E-state index in [1.54, 1.807) is 18.3 Å². The van der Waals surface area contributed by atoms with Gasteiger partial charge in [-0.1, -0.05) is 13.3 Å². The lowest BCUT2D eigenvalue weighted by molar-refractivity contribution is 0.00898. The van der Waals surface area contributed by atoms with Crippen LogP contribution in [0.1, 0.15) is 19.8 Å². The number of aromatic nitrogens is 1. The monoisotopic (exact) mass is 298 g/mol. The zero-order valence-electron chi connectivity index (χ0n) is 12.8. The van der Waals surface area contributed by atoms with Gasteiger partial charge in [-0.15, -0.1) is 0 Å². The van der Waals surface area contributed by atoms with Crippen LogP contribution in [0.4, 0.5) is 5.82 Å². The summed E-state index contributed by atoms with van der Waals surface area (Å²) in [5.74, 6) is 0.977. The van der Waals surface area contributed by atoms with Crippen LogP contribution in [0.3, 0.4) is 0 Å². The van der Waals surface area contributed by atoms with Crippen molar-refractivity contribution in [2.24, 2.45) is 0 Å². The average Bonchev–Trinajstić information content (AvgIpc) is 2.50. The number of ether oxygens (including phenoxy) is 4. The lowest BCUT2D eigenvalue weighted by Crippen LogP contribution is -2.13. The van der Waals surface area contributed by atoms with Crippen molar-refractivity contribution in [1.29, 1.82) is 0 Å². The number of pyridine rings is 1. The maximum absolute atomic E-state index is 5.65. The molecule has 6 heteroatoms. The van der Waals surface area contributed by atoms with Crippen molar-refractivity contribution in [2.75, 3.05) is 52.0 Å². The maximum atomic E-state index is 5.65. The van der Waals surface area contributed by atoms with Gasteiger partial charge in [-0.05, 0) is 18.6 Å². The predicted octanol–water partition coefficient (Wildman–Crippen LogP) is 1.89. The fraction of sp³-hybridized carbons (Fsp3) is 0.667. The van der Waals surface area contributed by atoms with Crippen LogP contribution in [0.5, 0.6) is 5.75 Å². The van der Waals surface area contributed by atoms with E-state index >= 15 is 0 Å². The van der Waals surface area contributed by atoms with E-state index in [9.17, 15) is 0 Å². The molecule has 1 rings (SSSR count). The zero-order chi connectivity index (χ0) is 15.2. The Labute approximate surface area is 126 Å². The SMILES string of the molecule is CCCCOCCOCCOCCOc1cccnc1N. The Morgan fingerprint density at radius 2 is 1.57 bits per heavy atom. The molecule has 0 aromatic carbocycles. The number of hydrogen-bond donors (Lipinski definition) is 1. The molecule has 0 aliphatic rings. The van der Waals surface area contributed by atoms with E-state index in [0.717, 1.165) is 19.4 Å². The molecule has 6 nitrogen and oxygen atoms in total. The van der Waals surface area contributed by atoms with Gasteiger partial charge in [0, 0.05) is 12.8 Å². The Kier molecular flexibility index (Phi) is 10.4. The molecule has 1 aromatic heterocycles. The molecule has 0 amide bonds. The fourth-order valence-electron chi connectivity index (χ4n) is 1.52. The number of nitrogens with zero attached hydrogens (tertiary/aromatic N) is 1. The molecule has 0 unspecified atom stereocenters. The molecule has 0 aliphatic heterocycles. The molecule has 2 N–H and O–H groups in total. The average molecular weight is 298 g/mol. The van der Waals surface area contributed by atoms with Gasteiger partial charge in [0.2, 0.25) is 0 Å². The summed E-state index contributed by atoms with van der Waals surface area (Å²) in [5, 5.41) is 0. The van der Waals surface area contributed by atoms with Crippen LogP contribution < -0.4 is 10.5 Å². The van der Waals surface area contributed by atoms with Gasteiger partial charge in [-0.3, -0.25) is 0 Å². The molecule has 21 heavy (non-hydrogen) atoms. The van der Waals surface area contributed by atoms with Crippen molar-refractivity contribution < 1.29 is 18.9 Å². The van der Waals surface area contributed by atoms with Crippen LogP contribution >= 0.6 is 0 Å². The first-order chi connectivity index (χ1) is 10.3. The second kappa shape index (κ2) is 12.4. The summed E-state index contributed by atoms with van der Waals surface area (Å²) in [5.41, 5.74) is 5.65. The lowest BCUT2D eigenvalue weighted by atomic mass is 10.4. The molecule has 0 saturated carbocycles. The van der Waals surface area contributed by atoms with Crippen molar-refractivity contribution in [3.63, 3.8) is 0 Å². The van der Waals surface area contributed by atoms with Crippen LogP contribution in [0.25, 0.3) is 0 Å². The molecule has 0 fully saturated rings. The van der Waals surface area contributed by atoms with Gasteiger partial charge in [0.1, 0.15) is 6.61 Å². The summed E-state index contributed by atoms with van der Waals surface area (Å²) >= 11 is 0. The van der Waals surface area contributed by atoms with Gasteiger partial charge in [-0.25, -0.2) is 4.98 Å². The first-order valence-corrected chi connectivity index (χ1v) is 7.41. The van der Waals surface area contributed by atoms with E-state index < -0.39 is 0 Å². The molecule has 120 valence electrons. The first-order valence-electron chi connectivity index (χ1n) is 7.41. The van der Waals surface area contributed by atoms with E-state index in [0.29, 0.717) is 51.2 Å². The van der Waals surface area contributed by atoms with Crippen molar-refractivity contribution >= 4 is 5.82 Å². The summed E-state index contributed by atoms with van der Waals surface area (Å²) in [6.45, 7) is 6.24. The van der Waals surface area contributed by atoms with E-state index in [-0.39, 0.29) is 0 Å². The van der Waals surface area contributed by atoms with Gasteiger partial charge >= 0.3 is 0 Å². The molecule has 0 bridgehead atoms. The van der Waals surface area contributed by atoms with Crippen molar-refractivity contribution in [1.82, 2.24) is 4.98 Å². The van der Waals surface area contributed by atoms with Gasteiger partial charge in [-0.2, -0.15) is 0 Å². The molecule has 0 aliphatic carbocycles. The van der Waals surface area contributed by atoms with E-state index in [1.165, 1.54) is 0 Å². The standard InChI is InChI=1S/C15H26N2O4/c1-2-3-7-18-8-9-19-10-11-20-12-13-21-14-5-4-6-17-15(14)16/h4-6H,2-3,7-13H2,1H3,(H2,16,17). The summed E-state index contributed by atoms with van der Waals surface area (Å²) in [6.07, 6.45) is 3.88. The third-order valence-corrected chi connectivity index (χ3v) is 2.67. The smallest absolute Gasteiger partial charge is 0.166 e. The molecular weight excluding hydrogens is 272 g/mol. The highest BCUT2D eigenvalue weighted by Crippen LogP contribution is 2.16. The van der Waals surface area contributed by atoms with Gasteiger partial charge in [0.25, 0.3) is 0 Å². The second-order valence-electron chi connectivity index (χ2n) is 4.43. The third kappa shape index (κ3) is 9.23. The Balaban J connectivity index is 1.84. The fourth-order valence-corrected chi connectivity index (χ4v) is 1.52. The van der Waals surface area contributed by atoms with Crippen molar-refractivity contribution in [2.45, 2.75) is 19.8 Å². The number of nitrogens with two attached hydrogens (primary N) is 1. The van der Waals surface area contributed by atoms with Crippen molar-refractivity contribution in [3.8, 4) is 5.75 Å². The topological polar surface area (TPSA) is 75.8 Å². The van der Waals surface area contributed by atoms with Gasteiger partial charge < -0.3 is 24.7 Å². The quantitative estimate of drug-likeness (QED) is 0.560. The Bertz CT molecular complexity index is 363. The number of hydrogen-bond acceptors (Lipinski definition) is 6. The summed E-state index contributed by atoms with van der Waals surface area (Å²) in [4.78, 5) is 3.93. The van der Waals surface area contributed by atoms with Crippen LogP contribution in [-0.2, 0) is 14.2 Å². The molecule has 1 heterocycles. The molecule has 0 atom stereocenters. The number of nitrogen functional groups attached to an aromatic ring is 1. The van der Waals surface area contributed by atoms with E-state index in [4.69, 9.17) is 24.7 Å². The highest BCUT2D eigenvalue weighted by Gasteiger charge is 1.99. The van der Waals surface area contributed by atoms with E-state index in [2.05, 4.69) is 11.9 Å². The van der Waals surface area contributed by atoms with Crippen LogP contribution in [0.15, 0.2) is 18.3 Å². The molecule has 0 spiro atoms. The minimum atomic E-state index is 0.393. The van der Waals surface area contributed by atoms with Gasteiger partial charge in [0.05, 0.1) is 33.0 Å². The minimum absolute atomic E-state index is 0.393. The van der Waals surface area contributed by atoms with E-state index in [1.807, 2.05) is 0 Å². The first kappa shape index (κ1) is 17.7. The number of rotatable bonds is 13. The third-order valence-electron chi connectivity index (χ3n) is 2.67. The highest BCUT2D eigenvalue weighted by atomic mass is 16.6. The minimum Gasteiger partial charge on any atom is -0.487 e. The summed E-state index contributed by atoms with van der Waals surface area (Å²) in [6, 6.07) is 3.56. The molecule has 0 radical (unpaired) electrons. The molecular formula is C15H26N2O4. The number of anilines is 1. The van der Waals surface area contributed by atoms with Crippen LogP contribution in [-0.4, -0.2) is 51.2 Å². The highest BCUT2D eigenvalue weighted by molar-refractivity contribution is 5.44. The summed E-state index contributed by atoms with van der Waals surface area (Å²) in [7, 11) is 0.